The van der Waals surface area contributed by atoms with Crippen LogP contribution in [0.15, 0.2) is 82.7 Å². The molecule has 7 heteroatoms. The van der Waals surface area contributed by atoms with Crippen molar-refractivity contribution in [2.45, 2.75) is 17.4 Å². The molecule has 0 unspecified atom stereocenters. The van der Waals surface area contributed by atoms with Gasteiger partial charge in [-0.15, -0.1) is 0 Å². The van der Waals surface area contributed by atoms with E-state index in [1.165, 1.54) is 6.07 Å². The molecule has 1 atom stereocenters. The van der Waals surface area contributed by atoms with Gasteiger partial charge in [-0.2, -0.15) is 0 Å². The molecule has 142 valence electrons. The molecule has 1 aliphatic heterocycles. The van der Waals surface area contributed by atoms with Gasteiger partial charge < -0.3 is 4.74 Å². The van der Waals surface area contributed by atoms with E-state index in [0.717, 1.165) is 16.3 Å². The van der Waals surface area contributed by atoms with E-state index in [2.05, 4.69) is 9.71 Å². The van der Waals surface area contributed by atoms with Crippen molar-refractivity contribution in [3.05, 3.63) is 78.4 Å². The molecule has 6 nitrogen and oxygen atoms in total. The Morgan fingerprint density at radius 2 is 1.71 bits per heavy atom. The average molecular weight is 394 g/mol. The Labute approximate surface area is 162 Å². The minimum absolute atomic E-state index is 0.0290. The SMILES string of the molecule is O=C(NS(=O)(=O)c1ccc2ccccc2c1)[C@@H]1COC(Cc2ccccc2)=N1. The Balaban J connectivity index is 1.47. The average Bonchev–Trinajstić information content (AvgIpc) is 3.17. The summed E-state index contributed by atoms with van der Waals surface area (Å²) in [6, 6.07) is 20.9. The van der Waals surface area contributed by atoms with Gasteiger partial charge in [0.1, 0.15) is 6.61 Å². The predicted molar refractivity (Wildman–Crippen MR) is 107 cm³/mol. The minimum Gasteiger partial charge on any atom is -0.478 e. The summed E-state index contributed by atoms with van der Waals surface area (Å²) >= 11 is 0. The molecule has 1 heterocycles. The molecule has 0 spiro atoms. The van der Waals surface area contributed by atoms with Crippen LogP contribution < -0.4 is 4.72 Å². The van der Waals surface area contributed by atoms with Gasteiger partial charge in [-0.1, -0.05) is 60.7 Å². The van der Waals surface area contributed by atoms with Crippen LogP contribution >= 0.6 is 0 Å². The normalized spacial score (nSPS) is 16.4. The highest BCUT2D eigenvalue weighted by atomic mass is 32.2. The van der Waals surface area contributed by atoms with Crippen molar-refractivity contribution in [2.24, 2.45) is 4.99 Å². The third-order valence-corrected chi connectivity index (χ3v) is 5.82. The summed E-state index contributed by atoms with van der Waals surface area (Å²) in [4.78, 5) is 16.7. The number of ether oxygens (including phenoxy) is 1. The Hall–Kier alpha value is -3.19. The molecule has 1 amide bonds. The first-order chi connectivity index (χ1) is 13.5. The molecular formula is C21H18N2O4S. The van der Waals surface area contributed by atoms with E-state index < -0.39 is 22.0 Å². The van der Waals surface area contributed by atoms with Gasteiger partial charge in [-0.3, -0.25) is 4.79 Å². The molecule has 3 aromatic carbocycles. The van der Waals surface area contributed by atoms with E-state index in [9.17, 15) is 13.2 Å². The molecule has 28 heavy (non-hydrogen) atoms. The molecule has 0 bridgehead atoms. The highest BCUT2D eigenvalue weighted by Crippen LogP contribution is 2.19. The number of sulfonamides is 1. The first-order valence-electron chi connectivity index (χ1n) is 8.80. The quantitative estimate of drug-likeness (QED) is 0.721. The molecule has 4 rings (SSSR count). The van der Waals surface area contributed by atoms with Crippen LogP contribution in [0.2, 0.25) is 0 Å². The zero-order chi connectivity index (χ0) is 19.6. The lowest BCUT2D eigenvalue weighted by Gasteiger charge is -2.09. The fraction of sp³-hybridized carbons (Fsp3) is 0.143. The number of carbonyl (C=O) groups is 1. The number of fused-ring (bicyclic) bond motifs is 1. The van der Waals surface area contributed by atoms with Crippen molar-refractivity contribution in [3.63, 3.8) is 0 Å². The summed E-state index contributed by atoms with van der Waals surface area (Å²) in [5.74, 6) is -0.273. The molecule has 1 N–H and O–H groups in total. The third kappa shape index (κ3) is 3.89. The summed E-state index contributed by atoms with van der Waals surface area (Å²) in [6.45, 7) is 0.0290. The number of aliphatic imine (C=N–C) groups is 1. The molecular weight excluding hydrogens is 376 g/mol. The lowest BCUT2D eigenvalue weighted by molar-refractivity contribution is -0.120. The molecule has 3 aromatic rings. The van der Waals surface area contributed by atoms with Crippen LogP contribution in [0.25, 0.3) is 10.8 Å². The number of hydrogen-bond donors (Lipinski definition) is 1. The van der Waals surface area contributed by atoms with Gasteiger partial charge in [0.05, 0.1) is 4.90 Å². The van der Waals surface area contributed by atoms with Gasteiger partial charge >= 0.3 is 0 Å². The van der Waals surface area contributed by atoms with Gasteiger partial charge in [0.2, 0.25) is 0 Å². The smallest absolute Gasteiger partial charge is 0.264 e. The summed E-state index contributed by atoms with van der Waals surface area (Å²) in [5, 5.41) is 1.71. The Bertz CT molecular complexity index is 1160. The maximum atomic E-state index is 12.6. The fourth-order valence-corrected chi connectivity index (χ4v) is 4.07. The summed E-state index contributed by atoms with van der Waals surface area (Å²) in [5.41, 5.74) is 1.01. The maximum Gasteiger partial charge on any atom is 0.264 e. The van der Waals surface area contributed by atoms with E-state index in [-0.39, 0.29) is 11.5 Å². The topological polar surface area (TPSA) is 84.8 Å². The van der Waals surface area contributed by atoms with Crippen LogP contribution in [0.1, 0.15) is 5.56 Å². The van der Waals surface area contributed by atoms with Gasteiger partial charge in [0.25, 0.3) is 15.9 Å². The van der Waals surface area contributed by atoms with Crippen LogP contribution in [-0.4, -0.2) is 32.9 Å². The first kappa shape index (κ1) is 18.2. The molecule has 0 saturated carbocycles. The number of hydrogen-bond acceptors (Lipinski definition) is 5. The zero-order valence-corrected chi connectivity index (χ0v) is 15.7. The largest absolute Gasteiger partial charge is 0.478 e. The molecule has 0 aromatic heterocycles. The lowest BCUT2D eigenvalue weighted by atomic mass is 10.1. The predicted octanol–water partition coefficient (Wildman–Crippen LogP) is 2.68. The molecule has 0 saturated heterocycles. The van der Waals surface area contributed by atoms with Crippen molar-refractivity contribution >= 4 is 32.6 Å². The van der Waals surface area contributed by atoms with Crippen molar-refractivity contribution in [1.82, 2.24) is 4.72 Å². The second-order valence-corrected chi connectivity index (χ2v) is 8.17. The van der Waals surface area contributed by atoms with Crippen LogP contribution in [0, 0.1) is 0 Å². The second-order valence-electron chi connectivity index (χ2n) is 6.49. The molecule has 0 radical (unpaired) electrons. The lowest BCUT2D eigenvalue weighted by Crippen LogP contribution is -2.38. The van der Waals surface area contributed by atoms with Crippen molar-refractivity contribution in [3.8, 4) is 0 Å². The standard InChI is InChI=1S/C21H18N2O4S/c24-21(19-14-27-20(22-19)12-15-6-2-1-3-7-15)23-28(25,26)18-11-10-16-8-4-5-9-17(16)13-18/h1-11,13,19H,12,14H2,(H,23,24)/t19-/m0/s1. The summed E-state index contributed by atoms with van der Waals surface area (Å²) < 4.78 is 32.8. The molecule has 1 aliphatic rings. The van der Waals surface area contributed by atoms with E-state index >= 15 is 0 Å². The van der Waals surface area contributed by atoms with Crippen LogP contribution in [0.5, 0.6) is 0 Å². The second kappa shape index (κ2) is 7.44. The fourth-order valence-electron chi connectivity index (χ4n) is 3.02. The molecule has 0 aliphatic carbocycles. The number of carbonyl (C=O) groups excluding carboxylic acids is 1. The van der Waals surface area contributed by atoms with E-state index in [1.54, 1.807) is 12.1 Å². The zero-order valence-electron chi connectivity index (χ0n) is 14.9. The Morgan fingerprint density at radius 3 is 2.50 bits per heavy atom. The van der Waals surface area contributed by atoms with E-state index in [4.69, 9.17) is 4.74 Å². The van der Waals surface area contributed by atoms with Gasteiger partial charge in [0, 0.05) is 6.42 Å². The number of nitrogens with zero attached hydrogens (tertiary/aromatic N) is 1. The summed E-state index contributed by atoms with van der Waals surface area (Å²) in [7, 11) is -3.99. The van der Waals surface area contributed by atoms with Gasteiger partial charge in [-0.25, -0.2) is 18.1 Å². The minimum atomic E-state index is -3.99. The number of amides is 1. The third-order valence-electron chi connectivity index (χ3n) is 4.47. The number of benzene rings is 3. The van der Waals surface area contributed by atoms with Crippen LogP contribution in [0.4, 0.5) is 0 Å². The van der Waals surface area contributed by atoms with E-state index in [1.807, 2.05) is 54.6 Å². The van der Waals surface area contributed by atoms with Gasteiger partial charge in [-0.05, 0) is 28.5 Å². The van der Waals surface area contributed by atoms with Crippen molar-refractivity contribution in [1.29, 1.82) is 0 Å². The van der Waals surface area contributed by atoms with Gasteiger partial charge in [0.15, 0.2) is 11.9 Å². The van der Waals surface area contributed by atoms with E-state index in [0.29, 0.717) is 12.3 Å². The Morgan fingerprint density at radius 1 is 1.00 bits per heavy atom. The molecule has 0 fully saturated rings. The van der Waals surface area contributed by atoms with Crippen LogP contribution in [0.3, 0.4) is 0 Å². The maximum absolute atomic E-state index is 12.6. The van der Waals surface area contributed by atoms with Crippen molar-refractivity contribution < 1.29 is 17.9 Å². The highest BCUT2D eigenvalue weighted by Gasteiger charge is 2.29. The number of rotatable bonds is 5. The monoisotopic (exact) mass is 394 g/mol. The highest BCUT2D eigenvalue weighted by molar-refractivity contribution is 7.90. The first-order valence-corrected chi connectivity index (χ1v) is 10.3. The Kier molecular flexibility index (Phi) is 4.83. The van der Waals surface area contributed by atoms with Crippen LogP contribution in [-0.2, 0) is 26.0 Å². The van der Waals surface area contributed by atoms with Crippen molar-refractivity contribution in [2.75, 3.05) is 6.61 Å². The number of nitrogens with one attached hydrogen (secondary N) is 1. The summed E-state index contributed by atoms with van der Waals surface area (Å²) in [6.07, 6.45) is 0.460.